The fourth-order valence-corrected chi connectivity index (χ4v) is 4.63. The van der Waals surface area contributed by atoms with Gasteiger partial charge in [0.05, 0.1) is 33.7 Å². The Morgan fingerprint density at radius 2 is 1.91 bits per heavy atom. The minimum Gasteiger partial charge on any atom is -0.462 e. The van der Waals surface area contributed by atoms with Gasteiger partial charge >= 0.3 is 5.97 Å². The number of rotatable bonds is 6. The smallest absolute Gasteiger partial charge is 0.341 e. The summed E-state index contributed by atoms with van der Waals surface area (Å²) < 4.78 is 6.82. The van der Waals surface area contributed by atoms with Crippen LogP contribution in [0.1, 0.15) is 74.0 Å². The first kappa shape index (κ1) is 23.4. The number of carbonyl (C=O) groups excluding carboxylic acids is 3. The van der Waals surface area contributed by atoms with E-state index in [9.17, 15) is 14.4 Å². The molecule has 10 heteroatoms. The monoisotopic (exact) mass is 457 g/mol. The zero-order valence-electron chi connectivity index (χ0n) is 19.2. The molecule has 0 saturated carbocycles. The van der Waals surface area contributed by atoms with Gasteiger partial charge in [-0.15, -0.1) is 11.3 Å². The number of aromatic nitrogens is 3. The Hall–Kier alpha value is -3.27. The second kappa shape index (κ2) is 9.07. The van der Waals surface area contributed by atoms with E-state index < -0.39 is 11.9 Å². The lowest BCUT2D eigenvalue weighted by Gasteiger charge is -2.11. The van der Waals surface area contributed by atoms with Gasteiger partial charge in [0, 0.05) is 19.8 Å². The van der Waals surface area contributed by atoms with Crippen molar-refractivity contribution in [2.75, 3.05) is 19.0 Å². The minimum atomic E-state index is -0.591. The zero-order chi connectivity index (χ0) is 23.7. The molecule has 0 spiro atoms. The Morgan fingerprint density at radius 3 is 2.50 bits per heavy atom. The average Bonchev–Trinajstić information content (AvgIpc) is 3.22. The molecule has 2 N–H and O–H groups in total. The highest BCUT2D eigenvalue weighted by Gasteiger charge is 2.28. The van der Waals surface area contributed by atoms with Crippen LogP contribution in [0, 0.1) is 13.8 Å². The van der Waals surface area contributed by atoms with Crippen molar-refractivity contribution in [1.82, 2.24) is 20.1 Å². The molecule has 0 aliphatic rings. The zero-order valence-corrected chi connectivity index (χ0v) is 20.1. The number of fused-ring (bicyclic) bond motifs is 1. The molecule has 0 bridgehead atoms. The summed E-state index contributed by atoms with van der Waals surface area (Å²) in [6, 6.07) is 1.75. The van der Waals surface area contributed by atoms with Gasteiger partial charge in [-0.3, -0.25) is 14.3 Å². The molecule has 0 fully saturated rings. The highest BCUT2D eigenvalue weighted by molar-refractivity contribution is 7.18. The number of carbonyl (C=O) groups is 3. The number of thiophene rings is 1. The number of amides is 2. The fraction of sp³-hybridized carbons (Fsp3) is 0.409. The van der Waals surface area contributed by atoms with E-state index in [4.69, 9.17) is 4.74 Å². The Kier molecular flexibility index (Phi) is 6.63. The molecule has 0 atom stereocenters. The Morgan fingerprint density at radius 1 is 1.22 bits per heavy atom. The quantitative estimate of drug-likeness (QED) is 0.547. The number of esters is 1. The third kappa shape index (κ3) is 4.10. The standard InChI is InChI=1S/C22H27N5O4S/c1-8-31-22(30)15-11(4)17(20(29)23-6)32-21(15)25-19(28)13-9-14(10(2)3)24-18-16(13)12(5)26-27(18)7/h9-10H,8H2,1-7H3,(H,23,29)(H,25,28). The SMILES string of the molecule is CCOC(=O)c1c(NC(=O)c2cc(C(C)C)nc3c2c(C)nn3C)sc(C(=O)NC)c1C. The van der Waals surface area contributed by atoms with Gasteiger partial charge in [0.2, 0.25) is 0 Å². The van der Waals surface area contributed by atoms with E-state index in [1.807, 2.05) is 20.8 Å². The van der Waals surface area contributed by atoms with Crippen molar-refractivity contribution in [2.45, 2.75) is 40.5 Å². The number of anilines is 1. The second-order valence-corrected chi connectivity index (χ2v) is 8.69. The van der Waals surface area contributed by atoms with Gasteiger partial charge in [-0.1, -0.05) is 13.8 Å². The van der Waals surface area contributed by atoms with E-state index in [1.165, 1.54) is 7.05 Å². The Bertz CT molecular complexity index is 1230. The van der Waals surface area contributed by atoms with Crippen molar-refractivity contribution < 1.29 is 19.1 Å². The van der Waals surface area contributed by atoms with Crippen LogP contribution in [0.3, 0.4) is 0 Å². The first-order chi connectivity index (χ1) is 15.1. The third-order valence-electron chi connectivity index (χ3n) is 5.11. The van der Waals surface area contributed by atoms with Crippen LogP contribution < -0.4 is 10.6 Å². The molecule has 0 aliphatic carbocycles. The van der Waals surface area contributed by atoms with Gasteiger partial charge in [-0.25, -0.2) is 9.78 Å². The van der Waals surface area contributed by atoms with Crippen LogP contribution in [0.5, 0.6) is 0 Å². The topological polar surface area (TPSA) is 115 Å². The van der Waals surface area contributed by atoms with Crippen molar-refractivity contribution in [2.24, 2.45) is 7.05 Å². The molecule has 32 heavy (non-hydrogen) atoms. The summed E-state index contributed by atoms with van der Waals surface area (Å²) in [5, 5.41) is 10.7. The van der Waals surface area contributed by atoms with Crippen LogP contribution in [0.15, 0.2) is 6.07 Å². The maximum absolute atomic E-state index is 13.4. The Balaban J connectivity index is 2.14. The molecule has 3 heterocycles. The van der Waals surface area contributed by atoms with Gasteiger partial charge in [0.1, 0.15) is 5.00 Å². The maximum Gasteiger partial charge on any atom is 0.341 e. The first-order valence-corrected chi connectivity index (χ1v) is 11.1. The summed E-state index contributed by atoms with van der Waals surface area (Å²) in [6.45, 7) is 9.35. The molecule has 0 aliphatic heterocycles. The summed E-state index contributed by atoms with van der Waals surface area (Å²) in [5.74, 6) is -1.24. The summed E-state index contributed by atoms with van der Waals surface area (Å²) >= 11 is 1.04. The van der Waals surface area contributed by atoms with Gasteiger partial charge < -0.3 is 15.4 Å². The summed E-state index contributed by atoms with van der Waals surface area (Å²) in [7, 11) is 3.29. The first-order valence-electron chi connectivity index (χ1n) is 10.3. The van der Waals surface area contributed by atoms with Crippen LogP contribution in [-0.2, 0) is 11.8 Å². The van der Waals surface area contributed by atoms with E-state index in [0.29, 0.717) is 32.7 Å². The van der Waals surface area contributed by atoms with Crippen molar-refractivity contribution in [3.8, 4) is 0 Å². The van der Waals surface area contributed by atoms with E-state index in [2.05, 4.69) is 20.7 Å². The molecule has 3 rings (SSSR count). The van der Waals surface area contributed by atoms with Crippen LogP contribution in [0.25, 0.3) is 11.0 Å². The molecular formula is C22H27N5O4S. The molecule has 170 valence electrons. The molecule has 3 aromatic rings. The van der Waals surface area contributed by atoms with Crippen LogP contribution in [-0.4, -0.2) is 46.2 Å². The number of nitrogens with one attached hydrogen (secondary N) is 2. The summed E-state index contributed by atoms with van der Waals surface area (Å²) in [4.78, 5) is 43.4. The number of hydrogen-bond donors (Lipinski definition) is 2. The molecule has 0 unspecified atom stereocenters. The number of hydrogen-bond acceptors (Lipinski definition) is 7. The molecule has 0 aromatic carbocycles. The van der Waals surface area contributed by atoms with Gasteiger partial charge in [0.15, 0.2) is 5.65 Å². The van der Waals surface area contributed by atoms with E-state index in [-0.39, 0.29) is 29.0 Å². The van der Waals surface area contributed by atoms with Gasteiger partial charge in [-0.2, -0.15) is 5.10 Å². The largest absolute Gasteiger partial charge is 0.462 e. The van der Waals surface area contributed by atoms with Crippen molar-refractivity contribution >= 4 is 45.2 Å². The molecule has 0 saturated heterocycles. The fourth-order valence-electron chi connectivity index (χ4n) is 3.49. The Labute approximate surface area is 190 Å². The predicted molar refractivity (Wildman–Crippen MR) is 124 cm³/mol. The number of aryl methyl sites for hydroxylation is 2. The van der Waals surface area contributed by atoms with Gasteiger partial charge in [0.25, 0.3) is 11.8 Å². The second-order valence-electron chi connectivity index (χ2n) is 7.67. The van der Waals surface area contributed by atoms with Crippen LogP contribution in [0.2, 0.25) is 0 Å². The van der Waals surface area contributed by atoms with E-state index >= 15 is 0 Å². The van der Waals surface area contributed by atoms with E-state index in [0.717, 1.165) is 17.0 Å². The van der Waals surface area contributed by atoms with Crippen LogP contribution >= 0.6 is 11.3 Å². The lowest BCUT2D eigenvalue weighted by atomic mass is 10.0. The van der Waals surface area contributed by atoms with Crippen LogP contribution in [0.4, 0.5) is 5.00 Å². The van der Waals surface area contributed by atoms with Crippen molar-refractivity contribution in [3.63, 3.8) is 0 Å². The van der Waals surface area contributed by atoms with Gasteiger partial charge in [-0.05, 0) is 38.3 Å². The number of nitrogens with zero attached hydrogens (tertiary/aromatic N) is 3. The summed E-state index contributed by atoms with van der Waals surface area (Å²) in [5.41, 5.74) is 3.09. The highest BCUT2D eigenvalue weighted by atomic mass is 32.1. The van der Waals surface area contributed by atoms with E-state index in [1.54, 1.807) is 31.6 Å². The average molecular weight is 458 g/mol. The molecule has 3 aromatic heterocycles. The maximum atomic E-state index is 13.4. The highest BCUT2D eigenvalue weighted by Crippen LogP contribution is 2.35. The van der Waals surface area contributed by atoms with Crippen molar-refractivity contribution in [3.05, 3.63) is 39.0 Å². The molecule has 9 nitrogen and oxygen atoms in total. The number of pyridine rings is 1. The molecule has 2 amide bonds. The number of ether oxygens (including phenoxy) is 1. The normalized spacial score (nSPS) is 11.1. The summed E-state index contributed by atoms with van der Waals surface area (Å²) in [6.07, 6.45) is 0. The minimum absolute atomic E-state index is 0.0973. The molecule has 0 radical (unpaired) electrons. The molecular weight excluding hydrogens is 430 g/mol. The lowest BCUT2D eigenvalue weighted by molar-refractivity contribution is 0.0527. The lowest BCUT2D eigenvalue weighted by Crippen LogP contribution is -2.18. The predicted octanol–water partition coefficient (Wildman–Crippen LogP) is 3.56. The third-order valence-corrected chi connectivity index (χ3v) is 6.32. The van der Waals surface area contributed by atoms with Crippen molar-refractivity contribution in [1.29, 1.82) is 0 Å².